The van der Waals surface area contributed by atoms with Crippen molar-refractivity contribution < 1.29 is 4.79 Å². The summed E-state index contributed by atoms with van der Waals surface area (Å²) in [5.41, 5.74) is 5.64. The van der Waals surface area contributed by atoms with E-state index in [1.807, 2.05) is 0 Å². The van der Waals surface area contributed by atoms with Gasteiger partial charge < -0.3 is 11.1 Å². The van der Waals surface area contributed by atoms with Gasteiger partial charge in [0.05, 0.1) is 20.6 Å². The zero-order valence-corrected chi connectivity index (χ0v) is 11.3. The van der Waals surface area contributed by atoms with Crippen LogP contribution in [0.1, 0.15) is 23.2 Å². The van der Waals surface area contributed by atoms with Gasteiger partial charge in [0.25, 0.3) is 5.91 Å². The average molecular weight is 291 g/mol. The molecule has 0 unspecified atom stereocenters. The van der Waals surface area contributed by atoms with Crippen LogP contribution in [-0.4, -0.2) is 17.4 Å². The van der Waals surface area contributed by atoms with E-state index in [4.69, 9.17) is 41.2 Å². The number of thiocarbonyl (C=S) groups is 1. The summed E-state index contributed by atoms with van der Waals surface area (Å²) < 4.78 is 0. The molecule has 0 bridgehead atoms. The van der Waals surface area contributed by atoms with Gasteiger partial charge in [0.2, 0.25) is 0 Å². The molecule has 1 rings (SSSR count). The Hall–Kier alpha value is -0.840. The van der Waals surface area contributed by atoms with Crippen LogP contribution in [0.15, 0.2) is 18.2 Å². The van der Waals surface area contributed by atoms with Gasteiger partial charge in [0.15, 0.2) is 0 Å². The van der Waals surface area contributed by atoms with Gasteiger partial charge in [-0.3, -0.25) is 4.79 Å². The zero-order valence-electron chi connectivity index (χ0n) is 9.00. The quantitative estimate of drug-likeness (QED) is 0.648. The van der Waals surface area contributed by atoms with Crippen molar-refractivity contribution >= 4 is 46.3 Å². The number of benzene rings is 1. The molecule has 0 heterocycles. The third-order valence-electron chi connectivity index (χ3n) is 2.08. The second-order valence-corrected chi connectivity index (χ2v) is 4.76. The molecule has 0 saturated heterocycles. The van der Waals surface area contributed by atoms with Crippen molar-refractivity contribution in [2.45, 2.75) is 12.8 Å². The first-order valence-corrected chi connectivity index (χ1v) is 6.19. The van der Waals surface area contributed by atoms with Crippen molar-refractivity contribution in [3.63, 3.8) is 0 Å². The number of hydrogen-bond donors (Lipinski definition) is 2. The summed E-state index contributed by atoms with van der Waals surface area (Å²) in [5, 5.41) is 3.39. The summed E-state index contributed by atoms with van der Waals surface area (Å²) in [6, 6.07) is 4.93. The molecule has 3 N–H and O–H groups in total. The van der Waals surface area contributed by atoms with E-state index in [9.17, 15) is 4.79 Å². The van der Waals surface area contributed by atoms with Crippen molar-refractivity contribution in [1.29, 1.82) is 0 Å². The summed E-state index contributed by atoms with van der Waals surface area (Å²) in [6.07, 6.45) is 1.30. The van der Waals surface area contributed by atoms with Crippen LogP contribution in [0.5, 0.6) is 0 Å². The van der Waals surface area contributed by atoms with E-state index in [0.29, 0.717) is 40.0 Å². The highest BCUT2D eigenvalue weighted by Crippen LogP contribution is 2.23. The molecule has 3 nitrogen and oxygen atoms in total. The summed E-state index contributed by atoms with van der Waals surface area (Å²) >= 11 is 16.5. The predicted molar refractivity (Wildman–Crippen MR) is 74.8 cm³/mol. The van der Waals surface area contributed by atoms with E-state index in [1.165, 1.54) is 0 Å². The number of nitrogens with one attached hydrogen (secondary N) is 1. The molecular formula is C11H12Cl2N2OS. The van der Waals surface area contributed by atoms with Gasteiger partial charge in [-0.05, 0) is 25.0 Å². The summed E-state index contributed by atoms with van der Waals surface area (Å²) in [4.78, 5) is 12.2. The molecular weight excluding hydrogens is 279 g/mol. The Morgan fingerprint density at radius 1 is 1.35 bits per heavy atom. The zero-order chi connectivity index (χ0) is 12.8. The standard InChI is InChI=1S/C11H12Cl2N2OS/c12-7-3-1-4-8(13)10(7)11(16)15-6-2-5-9(14)17/h1,3-4H,2,5-6H2,(H2,14,17)(H,15,16). The van der Waals surface area contributed by atoms with Crippen LogP contribution in [0.2, 0.25) is 10.0 Å². The molecule has 0 saturated carbocycles. The molecule has 0 aliphatic rings. The van der Waals surface area contributed by atoms with Crippen LogP contribution < -0.4 is 11.1 Å². The van der Waals surface area contributed by atoms with Crippen molar-refractivity contribution in [3.8, 4) is 0 Å². The summed E-state index contributed by atoms with van der Waals surface area (Å²) in [6.45, 7) is 0.484. The Kier molecular flexibility index (Phi) is 5.68. The van der Waals surface area contributed by atoms with E-state index in [-0.39, 0.29) is 5.91 Å². The molecule has 1 aromatic rings. The Bertz CT molecular complexity index is 417. The summed E-state index contributed by atoms with van der Waals surface area (Å²) in [7, 11) is 0. The third-order valence-corrected chi connectivity index (χ3v) is 2.91. The minimum atomic E-state index is -0.288. The van der Waals surface area contributed by atoms with Gasteiger partial charge >= 0.3 is 0 Å². The van der Waals surface area contributed by atoms with Gasteiger partial charge in [-0.15, -0.1) is 0 Å². The maximum Gasteiger partial charge on any atom is 0.254 e. The maximum atomic E-state index is 11.8. The Labute approximate surface area is 115 Å². The Morgan fingerprint density at radius 2 is 1.94 bits per heavy atom. The molecule has 0 aliphatic heterocycles. The second kappa shape index (κ2) is 6.79. The van der Waals surface area contributed by atoms with E-state index in [2.05, 4.69) is 5.32 Å². The van der Waals surface area contributed by atoms with Crippen LogP contribution in [0, 0.1) is 0 Å². The average Bonchev–Trinajstić information content (AvgIpc) is 2.24. The van der Waals surface area contributed by atoms with Crippen LogP contribution in [0.4, 0.5) is 0 Å². The molecule has 1 aromatic carbocycles. The fraction of sp³-hybridized carbons (Fsp3) is 0.273. The van der Waals surface area contributed by atoms with Crippen LogP contribution in [0.3, 0.4) is 0 Å². The fourth-order valence-corrected chi connectivity index (χ4v) is 1.98. The number of carbonyl (C=O) groups excluding carboxylic acids is 1. The second-order valence-electron chi connectivity index (χ2n) is 3.42. The van der Waals surface area contributed by atoms with E-state index >= 15 is 0 Å². The molecule has 0 radical (unpaired) electrons. The first-order valence-electron chi connectivity index (χ1n) is 5.03. The maximum absolute atomic E-state index is 11.8. The number of nitrogens with two attached hydrogens (primary N) is 1. The predicted octanol–water partition coefficient (Wildman–Crippen LogP) is 2.79. The first-order chi connectivity index (χ1) is 8.02. The smallest absolute Gasteiger partial charge is 0.254 e. The van der Waals surface area contributed by atoms with Gasteiger partial charge in [0.1, 0.15) is 0 Å². The monoisotopic (exact) mass is 290 g/mol. The number of carbonyl (C=O) groups is 1. The normalized spacial score (nSPS) is 10.0. The molecule has 0 fully saturated rings. The lowest BCUT2D eigenvalue weighted by molar-refractivity contribution is 0.0953. The highest BCUT2D eigenvalue weighted by Gasteiger charge is 2.13. The number of halogens is 2. The fourth-order valence-electron chi connectivity index (χ4n) is 1.27. The van der Waals surface area contributed by atoms with Gasteiger partial charge in [-0.1, -0.05) is 41.5 Å². The third kappa shape index (κ3) is 4.50. The molecule has 0 aromatic heterocycles. The molecule has 1 amide bonds. The van der Waals surface area contributed by atoms with E-state index < -0.39 is 0 Å². The van der Waals surface area contributed by atoms with Gasteiger partial charge in [0, 0.05) is 6.54 Å². The molecule has 0 spiro atoms. The Balaban J connectivity index is 2.55. The largest absolute Gasteiger partial charge is 0.393 e. The lowest BCUT2D eigenvalue weighted by Crippen LogP contribution is -2.25. The van der Waals surface area contributed by atoms with E-state index in [1.54, 1.807) is 18.2 Å². The minimum Gasteiger partial charge on any atom is -0.393 e. The van der Waals surface area contributed by atoms with Gasteiger partial charge in [-0.25, -0.2) is 0 Å². The lowest BCUT2D eigenvalue weighted by Gasteiger charge is -2.07. The number of rotatable bonds is 5. The molecule has 92 valence electrons. The number of amides is 1. The van der Waals surface area contributed by atoms with Crippen molar-refractivity contribution in [1.82, 2.24) is 5.32 Å². The SMILES string of the molecule is NC(=S)CCCNC(=O)c1c(Cl)cccc1Cl. The van der Waals surface area contributed by atoms with Crippen molar-refractivity contribution in [2.24, 2.45) is 5.73 Å². The topological polar surface area (TPSA) is 55.1 Å². The molecule has 17 heavy (non-hydrogen) atoms. The lowest BCUT2D eigenvalue weighted by atomic mass is 10.2. The van der Waals surface area contributed by atoms with Crippen molar-refractivity contribution in [2.75, 3.05) is 6.54 Å². The van der Waals surface area contributed by atoms with Gasteiger partial charge in [-0.2, -0.15) is 0 Å². The molecule has 6 heteroatoms. The minimum absolute atomic E-state index is 0.288. The first kappa shape index (κ1) is 14.2. The molecule has 0 aliphatic carbocycles. The summed E-state index contributed by atoms with van der Waals surface area (Å²) in [5.74, 6) is -0.288. The van der Waals surface area contributed by atoms with Crippen LogP contribution >= 0.6 is 35.4 Å². The highest BCUT2D eigenvalue weighted by atomic mass is 35.5. The molecule has 0 atom stereocenters. The highest BCUT2D eigenvalue weighted by molar-refractivity contribution is 7.80. The van der Waals surface area contributed by atoms with E-state index in [0.717, 1.165) is 0 Å². The Morgan fingerprint density at radius 3 is 2.47 bits per heavy atom. The van der Waals surface area contributed by atoms with Crippen molar-refractivity contribution in [3.05, 3.63) is 33.8 Å². The van der Waals surface area contributed by atoms with Crippen LogP contribution in [-0.2, 0) is 0 Å². The number of hydrogen-bond acceptors (Lipinski definition) is 2. The van der Waals surface area contributed by atoms with Crippen LogP contribution in [0.25, 0.3) is 0 Å².